The fraction of sp³-hybridized carbons (Fsp3) is 0.233. The fourth-order valence-corrected chi connectivity index (χ4v) is 5.17. The second-order valence-electron chi connectivity index (χ2n) is 9.77. The van der Waals surface area contributed by atoms with Crippen molar-refractivity contribution in [2.45, 2.75) is 31.8 Å². The number of hydrogen-bond donors (Lipinski definition) is 2. The van der Waals surface area contributed by atoms with Crippen molar-refractivity contribution in [2.24, 2.45) is 5.73 Å². The number of hydrogen-bond acceptors (Lipinski definition) is 6. The molecule has 1 atom stereocenters. The van der Waals surface area contributed by atoms with Crippen LogP contribution in [0.4, 0.5) is 5.82 Å². The molecule has 186 valence electrons. The van der Waals surface area contributed by atoms with Gasteiger partial charge >= 0.3 is 0 Å². The third kappa shape index (κ3) is 4.83. The van der Waals surface area contributed by atoms with E-state index in [0.29, 0.717) is 5.82 Å². The van der Waals surface area contributed by atoms with Gasteiger partial charge in [0.15, 0.2) is 11.5 Å². The van der Waals surface area contributed by atoms with Gasteiger partial charge in [-0.05, 0) is 61.3 Å². The first-order chi connectivity index (χ1) is 18.2. The van der Waals surface area contributed by atoms with Crippen molar-refractivity contribution >= 4 is 17.0 Å². The molecule has 7 heteroatoms. The average molecular weight is 490 g/mol. The number of rotatable bonds is 5. The Bertz CT molecular complexity index is 1510. The molecule has 0 saturated carbocycles. The van der Waals surface area contributed by atoms with Gasteiger partial charge in [0.2, 0.25) is 0 Å². The highest BCUT2D eigenvalue weighted by Gasteiger charge is 2.19. The summed E-state index contributed by atoms with van der Waals surface area (Å²) < 4.78 is 2.08. The minimum atomic E-state index is 0.261. The predicted octanol–water partition coefficient (Wildman–Crippen LogP) is 5.04. The van der Waals surface area contributed by atoms with Crippen molar-refractivity contribution in [3.05, 3.63) is 90.6 Å². The van der Waals surface area contributed by atoms with Crippen molar-refractivity contribution in [2.75, 3.05) is 18.8 Å². The maximum atomic E-state index is 6.29. The average Bonchev–Trinajstić information content (AvgIpc) is 3.18. The third-order valence-corrected chi connectivity index (χ3v) is 7.05. The molecule has 0 aliphatic carbocycles. The standard InChI is InChI=1S/C30H31N7/c31-23-9-4-5-18-36(20-23)19-21-11-13-24(14-12-21)37-29(25-10-6-17-33-28(25)32)35-27-16-15-26(34-30(27)37)22-7-2-1-3-8-22/h1-3,6-8,10-17,23H,4-5,9,18-20,31H2,(H2,32,33). The monoisotopic (exact) mass is 489 g/mol. The molecule has 37 heavy (non-hydrogen) atoms. The summed E-state index contributed by atoms with van der Waals surface area (Å²) in [5, 5.41) is 0. The van der Waals surface area contributed by atoms with Crippen LogP contribution in [0, 0.1) is 0 Å². The lowest BCUT2D eigenvalue weighted by molar-refractivity contribution is 0.265. The van der Waals surface area contributed by atoms with Gasteiger partial charge in [0, 0.05) is 36.6 Å². The summed E-state index contributed by atoms with van der Waals surface area (Å²) in [4.78, 5) is 16.8. The van der Waals surface area contributed by atoms with E-state index in [1.807, 2.05) is 42.5 Å². The lowest BCUT2D eigenvalue weighted by Crippen LogP contribution is -2.35. The molecule has 0 bridgehead atoms. The molecule has 4 N–H and O–H groups in total. The Morgan fingerprint density at radius 1 is 0.865 bits per heavy atom. The number of aromatic nitrogens is 4. The normalized spacial score (nSPS) is 16.6. The maximum Gasteiger partial charge on any atom is 0.165 e. The van der Waals surface area contributed by atoms with E-state index >= 15 is 0 Å². The number of fused-ring (bicyclic) bond motifs is 1. The zero-order valence-corrected chi connectivity index (χ0v) is 20.8. The second-order valence-corrected chi connectivity index (χ2v) is 9.77. The fourth-order valence-electron chi connectivity index (χ4n) is 5.17. The summed E-state index contributed by atoms with van der Waals surface area (Å²) in [6.07, 6.45) is 5.23. The van der Waals surface area contributed by atoms with Crippen LogP contribution in [0.15, 0.2) is 85.1 Å². The van der Waals surface area contributed by atoms with E-state index in [9.17, 15) is 0 Å². The summed E-state index contributed by atoms with van der Waals surface area (Å²) in [7, 11) is 0. The van der Waals surface area contributed by atoms with Crippen LogP contribution in [0.2, 0.25) is 0 Å². The van der Waals surface area contributed by atoms with Gasteiger partial charge in [-0.1, -0.05) is 48.9 Å². The Labute approximate surface area is 216 Å². The lowest BCUT2D eigenvalue weighted by atomic mass is 10.1. The number of nitrogen functional groups attached to an aromatic ring is 1. The molecule has 4 heterocycles. The first-order valence-corrected chi connectivity index (χ1v) is 12.9. The molecule has 5 aromatic rings. The van der Waals surface area contributed by atoms with Crippen molar-refractivity contribution < 1.29 is 0 Å². The van der Waals surface area contributed by atoms with Gasteiger partial charge in [0.05, 0.1) is 11.3 Å². The quantitative estimate of drug-likeness (QED) is 0.359. The van der Waals surface area contributed by atoms with Crippen molar-refractivity contribution in [1.82, 2.24) is 24.4 Å². The van der Waals surface area contributed by atoms with Crippen LogP contribution in [0.25, 0.3) is 39.5 Å². The number of nitrogens with zero attached hydrogens (tertiary/aromatic N) is 5. The van der Waals surface area contributed by atoms with Gasteiger partial charge in [-0.25, -0.2) is 15.0 Å². The Hall–Kier alpha value is -4.07. The molecule has 2 aromatic carbocycles. The first kappa shape index (κ1) is 23.3. The molecule has 1 aliphatic rings. The van der Waals surface area contributed by atoms with Crippen molar-refractivity contribution in [3.63, 3.8) is 0 Å². The van der Waals surface area contributed by atoms with E-state index in [4.69, 9.17) is 21.4 Å². The molecule has 1 unspecified atom stereocenters. The molecule has 1 fully saturated rings. The minimum absolute atomic E-state index is 0.261. The Balaban J connectivity index is 1.43. The predicted molar refractivity (Wildman–Crippen MR) is 149 cm³/mol. The molecule has 7 nitrogen and oxygen atoms in total. The summed E-state index contributed by atoms with van der Waals surface area (Å²) in [5.41, 5.74) is 19.2. The molecular formula is C30H31N7. The van der Waals surface area contributed by atoms with Crippen LogP contribution in [0.5, 0.6) is 0 Å². The number of imidazole rings is 1. The van der Waals surface area contributed by atoms with Crippen molar-refractivity contribution in [3.8, 4) is 28.3 Å². The van der Waals surface area contributed by atoms with E-state index in [2.05, 4.69) is 50.8 Å². The molecule has 1 aliphatic heterocycles. The van der Waals surface area contributed by atoms with E-state index in [0.717, 1.165) is 65.6 Å². The van der Waals surface area contributed by atoms with Crippen LogP contribution < -0.4 is 11.5 Å². The zero-order valence-electron chi connectivity index (χ0n) is 20.8. The minimum Gasteiger partial charge on any atom is -0.383 e. The van der Waals surface area contributed by atoms with E-state index in [1.165, 1.54) is 18.4 Å². The van der Waals surface area contributed by atoms with Gasteiger partial charge < -0.3 is 11.5 Å². The van der Waals surface area contributed by atoms with Crippen LogP contribution in [-0.2, 0) is 6.54 Å². The number of nitrogens with two attached hydrogens (primary N) is 2. The van der Waals surface area contributed by atoms with E-state index in [-0.39, 0.29) is 6.04 Å². The van der Waals surface area contributed by atoms with Gasteiger partial charge in [-0.15, -0.1) is 0 Å². The smallest absolute Gasteiger partial charge is 0.165 e. The highest BCUT2D eigenvalue weighted by molar-refractivity contribution is 5.84. The Morgan fingerprint density at radius 2 is 1.70 bits per heavy atom. The molecule has 0 spiro atoms. The van der Waals surface area contributed by atoms with Crippen LogP contribution in [0.3, 0.4) is 0 Å². The summed E-state index contributed by atoms with van der Waals surface area (Å²) in [6, 6.07) is 27.0. The maximum absolute atomic E-state index is 6.29. The summed E-state index contributed by atoms with van der Waals surface area (Å²) in [6.45, 7) is 2.94. The Kier molecular flexibility index (Phi) is 6.39. The van der Waals surface area contributed by atoms with Gasteiger partial charge in [-0.2, -0.15) is 0 Å². The second kappa shape index (κ2) is 10.1. The molecular weight excluding hydrogens is 458 g/mol. The van der Waals surface area contributed by atoms with Gasteiger partial charge in [-0.3, -0.25) is 9.47 Å². The topological polar surface area (TPSA) is 98.9 Å². The van der Waals surface area contributed by atoms with Crippen LogP contribution >= 0.6 is 0 Å². The number of benzene rings is 2. The van der Waals surface area contributed by atoms with E-state index < -0.39 is 0 Å². The lowest BCUT2D eigenvalue weighted by Gasteiger charge is -2.22. The third-order valence-electron chi connectivity index (χ3n) is 7.05. The molecule has 6 rings (SSSR count). The van der Waals surface area contributed by atoms with Gasteiger partial charge in [0.1, 0.15) is 11.3 Å². The SMILES string of the molecule is Nc1ncccc1-c1nc2ccc(-c3ccccc3)nc2n1-c1ccc(CN2CCCCC(N)C2)cc1. The molecule has 3 aromatic heterocycles. The van der Waals surface area contributed by atoms with Crippen LogP contribution in [-0.4, -0.2) is 43.6 Å². The highest BCUT2D eigenvalue weighted by atomic mass is 15.1. The molecule has 0 amide bonds. The Morgan fingerprint density at radius 3 is 2.51 bits per heavy atom. The highest BCUT2D eigenvalue weighted by Crippen LogP contribution is 2.32. The van der Waals surface area contributed by atoms with Gasteiger partial charge in [0.25, 0.3) is 0 Å². The van der Waals surface area contributed by atoms with Crippen molar-refractivity contribution in [1.29, 1.82) is 0 Å². The summed E-state index contributed by atoms with van der Waals surface area (Å²) in [5.74, 6) is 1.17. The van der Waals surface area contributed by atoms with Crippen LogP contribution in [0.1, 0.15) is 24.8 Å². The molecule has 1 saturated heterocycles. The van der Waals surface area contributed by atoms with E-state index in [1.54, 1.807) is 6.20 Å². The number of likely N-dealkylation sites (tertiary alicyclic amines) is 1. The zero-order chi connectivity index (χ0) is 25.2. The summed E-state index contributed by atoms with van der Waals surface area (Å²) >= 11 is 0. The number of pyridine rings is 2. The number of anilines is 1. The molecule has 0 radical (unpaired) electrons. The first-order valence-electron chi connectivity index (χ1n) is 12.9. The largest absolute Gasteiger partial charge is 0.383 e.